The van der Waals surface area contributed by atoms with Gasteiger partial charge in [-0.05, 0) is 43.5 Å². The van der Waals surface area contributed by atoms with E-state index in [4.69, 9.17) is 22.1 Å². The Kier molecular flexibility index (Phi) is 6.78. The first-order valence-electron chi connectivity index (χ1n) is 6.89. The minimum atomic E-state index is 0. The molecule has 0 heterocycles. The van der Waals surface area contributed by atoms with Crippen LogP contribution in [0.1, 0.15) is 19.3 Å². The van der Waals surface area contributed by atoms with Crippen molar-refractivity contribution in [2.75, 3.05) is 25.6 Å². The van der Waals surface area contributed by atoms with Gasteiger partial charge in [-0.15, -0.1) is 12.4 Å². The smallest absolute Gasteiger partial charge is 0.230 e. The molecule has 1 aromatic rings. The second-order valence-electron chi connectivity index (χ2n) is 5.25. The summed E-state index contributed by atoms with van der Waals surface area (Å²) in [7, 11) is 3.35. The summed E-state index contributed by atoms with van der Waals surface area (Å²) >= 11 is 6.11. The molecule has 1 amide bonds. The summed E-state index contributed by atoms with van der Waals surface area (Å²) in [6.45, 7) is 0.577. The van der Waals surface area contributed by atoms with Crippen LogP contribution in [0.15, 0.2) is 18.2 Å². The quantitative estimate of drug-likeness (QED) is 0.921. The van der Waals surface area contributed by atoms with Crippen LogP contribution in [0.2, 0.25) is 5.02 Å². The van der Waals surface area contributed by atoms with E-state index in [2.05, 4.69) is 0 Å². The Bertz CT molecular complexity index is 497. The number of carbonyl (C=O) groups is 1. The van der Waals surface area contributed by atoms with Crippen molar-refractivity contribution in [3.05, 3.63) is 23.2 Å². The molecule has 21 heavy (non-hydrogen) atoms. The first-order chi connectivity index (χ1) is 9.58. The van der Waals surface area contributed by atoms with Crippen LogP contribution < -0.4 is 15.4 Å². The standard InChI is InChI=1S/C15H21ClN2O2.ClH/c1-18(11-6-7-14(20-2)13(16)8-11)15(19)12-5-3-4-10(12)9-17;/h6-8,10,12H,3-5,9,17H2,1-2H3;1H/t10-,12-;/m1./s1. The lowest BCUT2D eigenvalue weighted by atomic mass is 9.94. The molecule has 0 bridgehead atoms. The van der Waals surface area contributed by atoms with Crippen LogP contribution in [0, 0.1) is 11.8 Å². The number of ether oxygens (including phenoxy) is 1. The van der Waals surface area contributed by atoms with Gasteiger partial charge in [0.25, 0.3) is 0 Å². The van der Waals surface area contributed by atoms with Crippen molar-refractivity contribution in [3.63, 3.8) is 0 Å². The molecular weight excluding hydrogens is 311 g/mol. The second-order valence-corrected chi connectivity index (χ2v) is 5.66. The maximum absolute atomic E-state index is 12.6. The highest BCUT2D eigenvalue weighted by atomic mass is 35.5. The number of hydrogen-bond donors (Lipinski definition) is 1. The third kappa shape index (κ3) is 3.82. The SMILES string of the molecule is COc1ccc(N(C)C(=O)[C@@H]2CCC[C@@H]2CN)cc1Cl.Cl. The lowest BCUT2D eigenvalue weighted by Crippen LogP contribution is -2.36. The van der Waals surface area contributed by atoms with E-state index in [9.17, 15) is 4.79 Å². The fraction of sp³-hybridized carbons (Fsp3) is 0.533. The van der Waals surface area contributed by atoms with E-state index in [0.717, 1.165) is 24.9 Å². The lowest BCUT2D eigenvalue weighted by Gasteiger charge is -2.25. The summed E-state index contributed by atoms with van der Waals surface area (Å²) in [5.41, 5.74) is 6.54. The average Bonchev–Trinajstić information content (AvgIpc) is 2.94. The van der Waals surface area contributed by atoms with E-state index in [-0.39, 0.29) is 24.2 Å². The number of benzene rings is 1. The first kappa shape index (κ1) is 18.1. The number of nitrogens with zero attached hydrogens (tertiary/aromatic N) is 1. The molecule has 4 nitrogen and oxygen atoms in total. The first-order valence-corrected chi connectivity index (χ1v) is 7.27. The Labute approximate surface area is 137 Å². The molecule has 2 atom stereocenters. The Morgan fingerprint density at radius 1 is 1.48 bits per heavy atom. The number of rotatable bonds is 4. The third-order valence-electron chi connectivity index (χ3n) is 4.13. The summed E-state index contributed by atoms with van der Waals surface area (Å²) in [4.78, 5) is 14.2. The van der Waals surface area contributed by atoms with Crippen LogP contribution in [0.5, 0.6) is 5.75 Å². The lowest BCUT2D eigenvalue weighted by molar-refractivity contribution is -0.123. The molecule has 1 aromatic carbocycles. The minimum Gasteiger partial charge on any atom is -0.495 e. The van der Waals surface area contributed by atoms with Gasteiger partial charge < -0.3 is 15.4 Å². The highest BCUT2D eigenvalue weighted by molar-refractivity contribution is 6.32. The number of methoxy groups -OCH3 is 1. The maximum Gasteiger partial charge on any atom is 0.230 e. The van der Waals surface area contributed by atoms with E-state index in [1.54, 1.807) is 31.2 Å². The van der Waals surface area contributed by atoms with Gasteiger partial charge in [-0.2, -0.15) is 0 Å². The third-order valence-corrected chi connectivity index (χ3v) is 4.43. The van der Waals surface area contributed by atoms with Gasteiger partial charge in [-0.3, -0.25) is 4.79 Å². The van der Waals surface area contributed by atoms with E-state index in [1.165, 1.54) is 0 Å². The van der Waals surface area contributed by atoms with Crippen molar-refractivity contribution < 1.29 is 9.53 Å². The maximum atomic E-state index is 12.6. The largest absolute Gasteiger partial charge is 0.495 e. The molecule has 0 aromatic heterocycles. The number of anilines is 1. The molecule has 0 saturated heterocycles. The molecule has 1 aliphatic carbocycles. The zero-order chi connectivity index (χ0) is 14.7. The number of carbonyl (C=O) groups excluding carboxylic acids is 1. The molecule has 0 aliphatic heterocycles. The second kappa shape index (κ2) is 7.87. The predicted molar refractivity (Wildman–Crippen MR) is 88.5 cm³/mol. The Hall–Kier alpha value is -0.970. The minimum absolute atomic E-state index is 0. The molecule has 1 aliphatic rings. The number of halogens is 2. The molecular formula is C15H22Cl2N2O2. The van der Waals surface area contributed by atoms with E-state index in [1.807, 2.05) is 6.07 Å². The summed E-state index contributed by atoms with van der Waals surface area (Å²) in [5.74, 6) is 1.07. The van der Waals surface area contributed by atoms with E-state index in [0.29, 0.717) is 23.2 Å². The summed E-state index contributed by atoms with van der Waals surface area (Å²) in [6.07, 6.45) is 3.05. The summed E-state index contributed by atoms with van der Waals surface area (Å²) in [5, 5.41) is 0.506. The van der Waals surface area contributed by atoms with Gasteiger partial charge in [0, 0.05) is 18.7 Å². The number of hydrogen-bond acceptors (Lipinski definition) is 3. The molecule has 118 valence electrons. The molecule has 2 rings (SSSR count). The predicted octanol–water partition coefficient (Wildman–Crippen LogP) is 3.11. The van der Waals surface area contributed by atoms with Crippen molar-refractivity contribution in [1.29, 1.82) is 0 Å². The van der Waals surface area contributed by atoms with E-state index < -0.39 is 0 Å². The van der Waals surface area contributed by atoms with Crippen molar-refractivity contribution in [3.8, 4) is 5.75 Å². The monoisotopic (exact) mass is 332 g/mol. The molecule has 1 saturated carbocycles. The van der Waals surface area contributed by atoms with Gasteiger partial charge in [0.15, 0.2) is 0 Å². The molecule has 1 fully saturated rings. The van der Waals surface area contributed by atoms with Crippen LogP contribution in [0.25, 0.3) is 0 Å². The zero-order valence-corrected chi connectivity index (χ0v) is 13.9. The van der Waals surface area contributed by atoms with Crippen LogP contribution in [-0.2, 0) is 4.79 Å². The van der Waals surface area contributed by atoms with Gasteiger partial charge in [0.1, 0.15) is 5.75 Å². The molecule has 0 spiro atoms. The highest BCUT2D eigenvalue weighted by Gasteiger charge is 2.34. The Balaban J connectivity index is 0.00000220. The van der Waals surface area contributed by atoms with Gasteiger partial charge in [0.05, 0.1) is 12.1 Å². The van der Waals surface area contributed by atoms with Crippen molar-refractivity contribution in [2.24, 2.45) is 17.6 Å². The fourth-order valence-corrected chi connectivity index (χ4v) is 3.14. The molecule has 2 N–H and O–H groups in total. The average molecular weight is 333 g/mol. The van der Waals surface area contributed by atoms with Gasteiger partial charge in [-0.1, -0.05) is 18.0 Å². The van der Waals surface area contributed by atoms with Crippen molar-refractivity contribution >= 4 is 35.6 Å². The van der Waals surface area contributed by atoms with Crippen LogP contribution in [0.4, 0.5) is 5.69 Å². The number of nitrogens with two attached hydrogens (primary N) is 1. The van der Waals surface area contributed by atoms with Gasteiger partial charge in [-0.25, -0.2) is 0 Å². The number of amides is 1. The van der Waals surface area contributed by atoms with Gasteiger partial charge >= 0.3 is 0 Å². The molecule has 0 unspecified atom stereocenters. The molecule has 6 heteroatoms. The molecule has 0 radical (unpaired) electrons. The van der Waals surface area contributed by atoms with Crippen molar-refractivity contribution in [1.82, 2.24) is 0 Å². The fourth-order valence-electron chi connectivity index (χ4n) is 2.88. The Morgan fingerprint density at radius 3 is 2.76 bits per heavy atom. The zero-order valence-electron chi connectivity index (χ0n) is 12.3. The van der Waals surface area contributed by atoms with Crippen LogP contribution in [-0.4, -0.2) is 26.6 Å². The topological polar surface area (TPSA) is 55.6 Å². The van der Waals surface area contributed by atoms with Crippen molar-refractivity contribution in [2.45, 2.75) is 19.3 Å². The van der Waals surface area contributed by atoms with Gasteiger partial charge in [0.2, 0.25) is 5.91 Å². The van der Waals surface area contributed by atoms with Crippen LogP contribution >= 0.6 is 24.0 Å². The highest BCUT2D eigenvalue weighted by Crippen LogP contribution is 2.34. The van der Waals surface area contributed by atoms with E-state index >= 15 is 0 Å². The normalized spacial score (nSPS) is 20.8. The van der Waals surface area contributed by atoms with Crippen LogP contribution in [0.3, 0.4) is 0 Å². The summed E-state index contributed by atoms with van der Waals surface area (Å²) in [6, 6.07) is 5.37. The summed E-state index contributed by atoms with van der Waals surface area (Å²) < 4.78 is 5.12. The Morgan fingerprint density at radius 2 is 2.19 bits per heavy atom.